The van der Waals surface area contributed by atoms with E-state index in [0.29, 0.717) is 74.9 Å². The van der Waals surface area contributed by atoms with Crippen LogP contribution in [0.5, 0.6) is 11.8 Å². The largest absolute Gasteiger partial charge is 1.00 e. The van der Waals surface area contributed by atoms with Gasteiger partial charge in [0.15, 0.2) is 0 Å². The summed E-state index contributed by atoms with van der Waals surface area (Å²) in [6.45, 7) is 14.6. The van der Waals surface area contributed by atoms with Gasteiger partial charge in [0, 0.05) is 131 Å². The van der Waals surface area contributed by atoms with Crippen molar-refractivity contribution in [1.82, 2.24) is 58.3 Å². The van der Waals surface area contributed by atoms with Gasteiger partial charge in [-0.05, 0) is 201 Å². The molecule has 142 heavy (non-hydrogen) atoms. The van der Waals surface area contributed by atoms with Crippen LogP contribution in [0.25, 0.3) is 33.1 Å². The molecule has 3 atom stereocenters. The van der Waals surface area contributed by atoms with E-state index in [4.69, 9.17) is 58.2 Å². The molecule has 0 saturated carbocycles. The Morgan fingerprint density at radius 1 is 0.493 bits per heavy atom. The molecule has 765 valence electrons. The van der Waals surface area contributed by atoms with E-state index in [2.05, 4.69) is 83.2 Å². The number of imidazole rings is 3. The number of rotatable bonds is 26. The fourth-order valence-corrected chi connectivity index (χ4v) is 19.5. The maximum atomic E-state index is 12.9. The number of piperidine rings is 3. The molecule has 9 aromatic heterocycles. The van der Waals surface area contributed by atoms with Crippen molar-refractivity contribution in [3.8, 4) is 11.8 Å². The minimum Gasteiger partial charge on any atom is -1.00 e. The van der Waals surface area contributed by atoms with E-state index in [-0.39, 0.29) is 159 Å². The summed E-state index contributed by atoms with van der Waals surface area (Å²) >= 11 is 6.24. The molecule has 19 rings (SSSR count). The summed E-state index contributed by atoms with van der Waals surface area (Å²) in [5.74, 6) is 2.84. The Labute approximate surface area is 892 Å². The predicted octanol–water partition coefficient (Wildman–Crippen LogP) is 13.7. The number of methoxy groups -OCH3 is 2. The van der Waals surface area contributed by atoms with Crippen molar-refractivity contribution < 1.29 is 200 Å². The molecule has 6 aliphatic heterocycles. The number of thiophene rings is 3. The summed E-state index contributed by atoms with van der Waals surface area (Å²) in [6.07, 6.45) is -3.85. The molecule has 6 aliphatic rings. The Balaban J connectivity index is 0.000000212. The number of benzene rings is 4. The maximum Gasteiger partial charge on any atom is 1.00 e. The third-order valence-electron chi connectivity index (χ3n) is 24.3. The summed E-state index contributed by atoms with van der Waals surface area (Å²) in [5.41, 5.74) is 8.68. The van der Waals surface area contributed by atoms with Gasteiger partial charge < -0.3 is 96.1 Å². The van der Waals surface area contributed by atoms with Gasteiger partial charge in [0.05, 0.1) is 138 Å². The fourth-order valence-electron chi connectivity index (χ4n) is 16.6. The SMILES string of the molecule is COC(=O)c1ccc2nc(CN3CCC(c4cccc(=O)[nH]4)CC3)n(C[C@@H]3CCO3)c2c1.COC(=O)c1ccc2nc(CN3CCC(c4cccc(OCc5cc(C(F)(F)F)cs5)n4)CC3)n(C[C@@H]3CCO3)c2c1.Cc1ccccc1.FC(F)(F)c1csc(CBr)c1.O=C(O)c1ccc2nc(CN3CCC(c4cccc(OCc5cc(C(F)(F)F)cs5)n4)CC3)n(C[C@@H]3CCO3)c2c1.O=[C-]OO.[Ag+].[Ag].[I-].[Li+].[OH-]. The number of ether oxygens (including phenoxy) is 7. The topological polar surface area (TPSA) is 334 Å². The number of hydrogen-bond donors (Lipinski definition) is 3. The van der Waals surface area contributed by atoms with Crippen molar-refractivity contribution in [2.24, 2.45) is 0 Å². The normalized spacial score (nSPS) is 16.7. The molecule has 0 amide bonds. The molecule has 45 heteroatoms. The number of carboxylic acid groups (broad SMARTS) is 1. The number of halogens is 11. The number of aryl methyl sites for hydroxylation is 1. The summed E-state index contributed by atoms with van der Waals surface area (Å²) in [5, 5.41) is 20.2. The molecule has 0 bridgehead atoms. The minimum atomic E-state index is -4.36. The standard InChI is InChI=1S/C30H31F3N4O4S.C29H29F3N4O4S.C24H28N4O4.C7H8.C6H4BrF3S.CHO3.2Ag.HI.Li.H2O/c1-39-29(38)20-5-6-25-26(13-20)37(15-22-9-12-40-22)27(34-25)16-36-10-7-19(8-11-36)24-3-2-4-28(35-24)41-17-23-14-21(18-42-23)30(31,32)33;30-29(31,32)20-13-22(41-17-20)16-40-27-3-1-2-23(34-27)18-6-9-35(10-7-18)15-26-33-24-5-4-19(28(37)38)12-25(24)36(26)14-21-8-11-39-21;1-31-24(30)17-5-6-20-21(13-17)28(14-18-9-12-32-18)22(25-20)15-27-10-7-16(8-11-27)19-3-2-4-23(29)26-19;1-7-5-3-2-4-6-7;7-2-5-1-4(3-11-5)6(8,9)10;2-1-4-3;;;;;/h2-6,13-14,18-19,22H,7-12,15-17H2,1H3;1-5,12-13,17-18,21H,6-11,14-16H2,(H,37,38);2-6,13,16,18H,7-12,14-15H2,1H3,(H,26,29);2-6H,1H3;1,3H,2H2;3H;;;1H;;1H2/q;;;;;-1;;+1;;+1;/p-2/t22-;21-;18-;;;;;;;;/m000......../s1. The molecular weight excluding hydrogens is 2290 g/mol. The Morgan fingerprint density at radius 3 is 1.14 bits per heavy atom. The van der Waals surface area contributed by atoms with Gasteiger partial charge in [-0.2, -0.15) is 39.5 Å². The summed E-state index contributed by atoms with van der Waals surface area (Å²) in [7, 11) is 2.77. The van der Waals surface area contributed by atoms with E-state index >= 15 is 0 Å². The molecule has 0 unspecified atom stereocenters. The number of H-pyrrole nitrogens is 1. The number of likely N-dealkylation sites (tertiary alicyclic amines) is 3. The second-order valence-corrected chi connectivity index (χ2v) is 37.1. The van der Waals surface area contributed by atoms with Crippen molar-refractivity contribution in [2.75, 3.05) is 73.3 Å². The smallest absolute Gasteiger partial charge is 1.00 e. The van der Waals surface area contributed by atoms with Gasteiger partial charge in [-0.15, -0.1) is 34.0 Å². The van der Waals surface area contributed by atoms with Crippen LogP contribution in [-0.4, -0.2) is 190 Å². The number of esters is 2. The Bertz CT molecular complexity index is 6290. The number of aromatic carboxylic acids is 1. The zero-order valence-electron chi connectivity index (χ0n) is 77.4. The summed E-state index contributed by atoms with van der Waals surface area (Å²) in [4.78, 5) is 94.5. The zero-order chi connectivity index (χ0) is 96.9. The van der Waals surface area contributed by atoms with Crippen LogP contribution in [0.4, 0.5) is 39.5 Å². The van der Waals surface area contributed by atoms with Crippen molar-refractivity contribution in [1.29, 1.82) is 0 Å². The number of nitrogens with zero attached hydrogens (tertiary/aromatic N) is 11. The molecule has 4 N–H and O–H groups in total. The van der Waals surface area contributed by atoms with Crippen LogP contribution in [0.3, 0.4) is 0 Å². The Kier molecular flexibility index (Phi) is 45.6. The first-order valence-electron chi connectivity index (χ1n) is 44.4. The molecule has 1 radical (unpaired) electrons. The minimum absolute atomic E-state index is 0. The number of aromatic amines is 1. The molecule has 4 aromatic carbocycles. The Hall–Kier alpha value is -8.54. The molecule has 6 fully saturated rings. The molecule has 0 spiro atoms. The number of carbonyl (C=O) groups excluding carboxylic acids is 3. The van der Waals surface area contributed by atoms with Crippen LogP contribution >= 0.6 is 49.9 Å². The zero-order valence-corrected chi connectivity index (χ0v) is 86.5. The predicted molar refractivity (Wildman–Crippen MR) is 501 cm³/mol. The van der Waals surface area contributed by atoms with E-state index in [1.54, 1.807) is 48.5 Å². The number of fused-ring (bicyclic) bond motifs is 3. The number of carbonyl (C=O) groups is 3. The van der Waals surface area contributed by atoms with Crippen LogP contribution in [0.2, 0.25) is 0 Å². The van der Waals surface area contributed by atoms with E-state index < -0.39 is 41.2 Å². The quantitative estimate of drug-likeness (QED) is 0.00522. The van der Waals surface area contributed by atoms with Gasteiger partial charge in [-0.1, -0.05) is 70.0 Å². The number of alkyl halides is 10. The second-order valence-electron chi connectivity index (χ2n) is 33.5. The summed E-state index contributed by atoms with van der Waals surface area (Å²) < 4.78 is 158. The van der Waals surface area contributed by atoms with E-state index in [0.717, 1.165) is 272 Å². The van der Waals surface area contributed by atoms with Gasteiger partial charge in [-0.3, -0.25) is 19.5 Å². The first kappa shape index (κ1) is 117. The first-order chi connectivity index (χ1) is 65.9. The maximum absolute atomic E-state index is 12.9. The number of nitrogens with one attached hydrogen (secondary N) is 1. The van der Waals surface area contributed by atoms with Crippen LogP contribution in [-0.2, 0) is 154 Å². The molecule has 15 heterocycles. The van der Waals surface area contributed by atoms with E-state index in [9.17, 15) is 63.8 Å². The third-order valence-corrected chi connectivity index (χ3v) is 28.0. The van der Waals surface area contributed by atoms with Gasteiger partial charge in [0.2, 0.25) is 17.3 Å². The van der Waals surface area contributed by atoms with Gasteiger partial charge in [0.1, 0.15) is 30.7 Å². The molecular formula is C97H102Ag2BrF9ILiN12O16S3-. The second kappa shape index (κ2) is 55.3. The third kappa shape index (κ3) is 32.5. The fraction of sp³-hybridized carbons (Fsp3) is 0.402. The number of hydrogen-bond acceptors (Lipinski definition) is 26. The van der Waals surface area contributed by atoms with Crippen molar-refractivity contribution in [3.05, 3.63) is 272 Å². The number of aromatic nitrogens is 9. The van der Waals surface area contributed by atoms with Crippen LogP contribution in [0.1, 0.15) is 178 Å². The van der Waals surface area contributed by atoms with Crippen LogP contribution in [0, 0.1) is 6.92 Å². The van der Waals surface area contributed by atoms with Crippen molar-refractivity contribution in [3.63, 3.8) is 0 Å². The van der Waals surface area contributed by atoms with E-state index in [1.807, 2.05) is 78.9 Å². The summed E-state index contributed by atoms with van der Waals surface area (Å²) in [6, 6.07) is 46.2. The van der Waals surface area contributed by atoms with E-state index in [1.165, 1.54) is 19.8 Å². The monoisotopic (exact) mass is 2380 g/mol. The van der Waals surface area contributed by atoms with Crippen molar-refractivity contribution in [2.45, 2.75) is 177 Å². The Morgan fingerprint density at radius 2 is 0.838 bits per heavy atom. The molecule has 6 saturated heterocycles. The van der Waals surface area contributed by atoms with Gasteiger partial charge in [-0.25, -0.2) is 44.6 Å². The van der Waals surface area contributed by atoms with Crippen molar-refractivity contribution >= 4 is 107 Å². The van der Waals surface area contributed by atoms with Gasteiger partial charge in [0.25, 0.3) is 0 Å². The number of pyridine rings is 3. The number of carboxylic acids is 1. The average molecular weight is 2390 g/mol. The first-order valence-corrected chi connectivity index (χ1v) is 48.2. The van der Waals surface area contributed by atoms with Crippen LogP contribution in [0.15, 0.2) is 179 Å². The molecule has 0 aliphatic carbocycles. The molecule has 28 nitrogen and oxygen atoms in total. The average Bonchev–Trinajstić information content (AvgIpc) is 1.64. The van der Waals surface area contributed by atoms with Gasteiger partial charge >= 0.3 is 77.7 Å². The molecule has 13 aromatic rings. The van der Waals surface area contributed by atoms with Crippen LogP contribution < -0.4 is 57.9 Å².